The summed E-state index contributed by atoms with van der Waals surface area (Å²) in [6.45, 7) is 1.68. The summed E-state index contributed by atoms with van der Waals surface area (Å²) in [6.07, 6.45) is -0.519. The van der Waals surface area contributed by atoms with Crippen molar-refractivity contribution in [2.24, 2.45) is 0 Å². The van der Waals surface area contributed by atoms with Crippen LogP contribution in [0.4, 0.5) is 11.4 Å². The van der Waals surface area contributed by atoms with Crippen LogP contribution in [-0.2, 0) is 15.3 Å². The Bertz CT molecular complexity index is 813. The van der Waals surface area contributed by atoms with Gasteiger partial charge in [-0.15, -0.1) is 11.8 Å². The number of amides is 2. The highest BCUT2D eigenvalue weighted by molar-refractivity contribution is 7.99. The number of ether oxygens (including phenoxy) is 1. The highest BCUT2D eigenvalue weighted by Gasteiger charge is 2.23. The smallest absolute Gasteiger partial charge is 0.265 e. The van der Waals surface area contributed by atoms with Crippen LogP contribution in [0.15, 0.2) is 42.5 Å². The predicted molar refractivity (Wildman–Crippen MR) is 101 cm³/mol. The molecule has 130 valence electrons. The SMILES string of the molecule is C[C@@H]1Oc2ccc(NC(=O)CSCc3ccccc3Cl)cc2NC1=O. The molecule has 3 rings (SSSR count). The summed E-state index contributed by atoms with van der Waals surface area (Å²) in [4.78, 5) is 23.7. The van der Waals surface area contributed by atoms with Gasteiger partial charge in [-0.25, -0.2) is 0 Å². The second kappa shape index (κ2) is 7.80. The average molecular weight is 377 g/mol. The molecule has 7 heteroatoms. The normalized spacial score (nSPS) is 15.8. The number of carbonyl (C=O) groups is 2. The van der Waals surface area contributed by atoms with Gasteiger partial charge in [-0.3, -0.25) is 9.59 Å². The molecule has 2 N–H and O–H groups in total. The highest BCUT2D eigenvalue weighted by Crippen LogP contribution is 2.32. The molecule has 0 bridgehead atoms. The molecule has 0 spiro atoms. The van der Waals surface area contributed by atoms with Gasteiger partial charge in [0.2, 0.25) is 5.91 Å². The van der Waals surface area contributed by atoms with Crippen LogP contribution in [0, 0.1) is 0 Å². The molecule has 2 aromatic rings. The fourth-order valence-corrected chi connectivity index (χ4v) is 3.47. The summed E-state index contributed by atoms with van der Waals surface area (Å²) in [5, 5.41) is 6.28. The molecule has 2 aromatic carbocycles. The van der Waals surface area contributed by atoms with E-state index in [1.165, 1.54) is 11.8 Å². The van der Waals surface area contributed by atoms with Gasteiger partial charge in [0.15, 0.2) is 6.10 Å². The van der Waals surface area contributed by atoms with Crippen molar-refractivity contribution in [3.8, 4) is 5.75 Å². The van der Waals surface area contributed by atoms with E-state index < -0.39 is 6.10 Å². The highest BCUT2D eigenvalue weighted by atomic mass is 35.5. The molecule has 0 radical (unpaired) electrons. The maximum atomic E-state index is 12.1. The monoisotopic (exact) mass is 376 g/mol. The van der Waals surface area contributed by atoms with Crippen molar-refractivity contribution >= 4 is 46.6 Å². The van der Waals surface area contributed by atoms with Crippen molar-refractivity contribution in [2.45, 2.75) is 18.8 Å². The van der Waals surface area contributed by atoms with Crippen LogP contribution in [0.3, 0.4) is 0 Å². The molecule has 25 heavy (non-hydrogen) atoms. The molecule has 1 aliphatic rings. The number of benzene rings is 2. The molecular formula is C18H17ClN2O3S. The lowest BCUT2D eigenvalue weighted by Crippen LogP contribution is -2.34. The second-order valence-electron chi connectivity index (χ2n) is 5.59. The predicted octanol–water partition coefficient (Wildman–Crippen LogP) is 3.93. The fourth-order valence-electron chi connectivity index (χ4n) is 2.35. The third-order valence-corrected chi connectivity index (χ3v) is 4.99. The third kappa shape index (κ3) is 4.46. The Labute approximate surface area is 155 Å². The van der Waals surface area contributed by atoms with E-state index >= 15 is 0 Å². The fraction of sp³-hybridized carbons (Fsp3) is 0.222. The summed E-state index contributed by atoms with van der Waals surface area (Å²) in [5.41, 5.74) is 2.18. The lowest BCUT2D eigenvalue weighted by molar-refractivity contribution is -0.122. The molecule has 1 atom stereocenters. The van der Waals surface area contributed by atoms with Gasteiger partial charge in [-0.2, -0.15) is 0 Å². The first-order valence-corrected chi connectivity index (χ1v) is 9.29. The molecule has 0 fully saturated rings. The zero-order chi connectivity index (χ0) is 17.8. The number of thioether (sulfide) groups is 1. The Morgan fingerprint density at radius 1 is 1.32 bits per heavy atom. The standard InChI is InChI=1S/C18H17ClN2O3S/c1-11-18(23)21-15-8-13(6-7-16(15)24-11)20-17(22)10-25-9-12-4-2-3-5-14(12)19/h2-8,11H,9-10H2,1H3,(H,20,22)(H,21,23)/t11-/m0/s1. The van der Waals surface area contributed by atoms with Crippen molar-refractivity contribution < 1.29 is 14.3 Å². The Morgan fingerprint density at radius 2 is 2.12 bits per heavy atom. The van der Waals surface area contributed by atoms with Gasteiger partial charge in [0.1, 0.15) is 5.75 Å². The van der Waals surface area contributed by atoms with Crippen LogP contribution >= 0.6 is 23.4 Å². The van der Waals surface area contributed by atoms with E-state index in [9.17, 15) is 9.59 Å². The zero-order valence-corrected chi connectivity index (χ0v) is 15.1. The molecule has 0 unspecified atom stereocenters. The van der Waals surface area contributed by atoms with Crippen LogP contribution in [0.5, 0.6) is 5.75 Å². The number of fused-ring (bicyclic) bond motifs is 1. The Hall–Kier alpha value is -2.18. The first-order valence-electron chi connectivity index (χ1n) is 7.75. The minimum Gasteiger partial charge on any atom is -0.479 e. The van der Waals surface area contributed by atoms with Gasteiger partial charge in [-0.1, -0.05) is 29.8 Å². The quantitative estimate of drug-likeness (QED) is 0.829. The molecule has 1 aliphatic heterocycles. The van der Waals surface area contributed by atoms with Crippen molar-refractivity contribution in [2.75, 3.05) is 16.4 Å². The number of carbonyl (C=O) groups excluding carboxylic acids is 2. The van der Waals surface area contributed by atoms with Crippen LogP contribution in [-0.4, -0.2) is 23.7 Å². The maximum Gasteiger partial charge on any atom is 0.265 e. The van der Waals surface area contributed by atoms with E-state index in [1.807, 2.05) is 24.3 Å². The second-order valence-corrected chi connectivity index (χ2v) is 6.99. The number of nitrogens with one attached hydrogen (secondary N) is 2. The molecule has 5 nitrogen and oxygen atoms in total. The first-order chi connectivity index (χ1) is 12.0. The topological polar surface area (TPSA) is 67.4 Å². The van der Waals surface area contributed by atoms with Crippen LogP contribution < -0.4 is 15.4 Å². The zero-order valence-electron chi connectivity index (χ0n) is 13.5. The first kappa shape index (κ1) is 17.6. The molecule has 2 amide bonds. The van der Waals surface area contributed by atoms with Gasteiger partial charge in [-0.05, 0) is 36.8 Å². The lowest BCUT2D eigenvalue weighted by atomic mass is 10.2. The van der Waals surface area contributed by atoms with Gasteiger partial charge >= 0.3 is 0 Å². The molecular weight excluding hydrogens is 360 g/mol. The van der Waals surface area contributed by atoms with Crippen molar-refractivity contribution in [3.63, 3.8) is 0 Å². The Kier molecular flexibility index (Phi) is 5.50. The van der Waals surface area contributed by atoms with Crippen LogP contribution in [0.25, 0.3) is 0 Å². The number of halogens is 1. The van der Waals surface area contributed by atoms with E-state index in [0.29, 0.717) is 33.7 Å². The minimum atomic E-state index is -0.519. The van der Waals surface area contributed by atoms with E-state index in [1.54, 1.807) is 25.1 Å². The van der Waals surface area contributed by atoms with Crippen molar-refractivity contribution in [1.82, 2.24) is 0 Å². The van der Waals surface area contributed by atoms with Gasteiger partial charge in [0.05, 0.1) is 11.4 Å². The van der Waals surface area contributed by atoms with Gasteiger partial charge in [0, 0.05) is 16.5 Å². The number of hydrogen-bond donors (Lipinski definition) is 2. The van der Waals surface area contributed by atoms with Crippen molar-refractivity contribution in [3.05, 3.63) is 53.1 Å². The van der Waals surface area contributed by atoms with E-state index in [-0.39, 0.29) is 11.8 Å². The maximum absolute atomic E-state index is 12.1. The van der Waals surface area contributed by atoms with Crippen molar-refractivity contribution in [1.29, 1.82) is 0 Å². The number of hydrogen-bond acceptors (Lipinski definition) is 4. The number of rotatable bonds is 5. The lowest BCUT2D eigenvalue weighted by Gasteiger charge is -2.23. The number of anilines is 2. The van der Waals surface area contributed by atoms with Gasteiger partial charge < -0.3 is 15.4 Å². The molecule has 0 aliphatic carbocycles. The summed E-state index contributed by atoms with van der Waals surface area (Å²) in [6, 6.07) is 12.8. The van der Waals surface area contributed by atoms with E-state index in [2.05, 4.69) is 10.6 Å². The molecule has 0 saturated carbocycles. The van der Waals surface area contributed by atoms with Crippen LogP contribution in [0.2, 0.25) is 5.02 Å². The summed E-state index contributed by atoms with van der Waals surface area (Å²) in [5.74, 6) is 1.25. The molecule has 1 heterocycles. The minimum absolute atomic E-state index is 0.117. The summed E-state index contributed by atoms with van der Waals surface area (Å²) < 4.78 is 5.49. The third-order valence-electron chi connectivity index (χ3n) is 3.64. The van der Waals surface area contributed by atoms with E-state index in [0.717, 1.165) is 5.56 Å². The molecule has 0 saturated heterocycles. The van der Waals surface area contributed by atoms with Gasteiger partial charge in [0.25, 0.3) is 5.91 Å². The largest absolute Gasteiger partial charge is 0.479 e. The summed E-state index contributed by atoms with van der Waals surface area (Å²) >= 11 is 7.59. The Morgan fingerprint density at radius 3 is 2.92 bits per heavy atom. The molecule has 0 aromatic heterocycles. The Balaban J connectivity index is 1.54. The van der Waals surface area contributed by atoms with Crippen LogP contribution in [0.1, 0.15) is 12.5 Å². The van der Waals surface area contributed by atoms with E-state index in [4.69, 9.17) is 16.3 Å². The summed E-state index contributed by atoms with van der Waals surface area (Å²) in [7, 11) is 0. The average Bonchev–Trinajstić information content (AvgIpc) is 2.58.